The van der Waals surface area contributed by atoms with Crippen LogP contribution in [0, 0.1) is 6.92 Å². The summed E-state index contributed by atoms with van der Waals surface area (Å²) in [4.78, 5) is 0.601. The lowest BCUT2D eigenvalue weighted by atomic mass is 10.1. The van der Waals surface area contributed by atoms with E-state index in [1.807, 2.05) is 6.92 Å². The molecular weight excluding hydrogens is 235 g/mol. The number of nitrogens with two attached hydrogens (primary N) is 1. The van der Waals surface area contributed by atoms with Crippen LogP contribution >= 0.6 is 11.8 Å². The van der Waals surface area contributed by atoms with Crippen LogP contribution in [0.5, 0.6) is 0 Å². The first-order valence-corrected chi connectivity index (χ1v) is 5.82. The number of thioether (sulfide) groups is 1. The molecule has 1 atom stereocenters. The fourth-order valence-corrected chi connectivity index (χ4v) is 2.09. The number of aryl methyl sites for hydroxylation is 1. The minimum absolute atomic E-state index is 0.165. The molecule has 1 unspecified atom stereocenters. The van der Waals surface area contributed by atoms with E-state index in [0.717, 1.165) is 24.1 Å². The molecule has 5 heteroatoms. The van der Waals surface area contributed by atoms with Crippen LogP contribution in [-0.2, 0) is 6.18 Å². The first-order chi connectivity index (χ1) is 7.34. The summed E-state index contributed by atoms with van der Waals surface area (Å²) in [6.07, 6.45) is -3.57. The van der Waals surface area contributed by atoms with Gasteiger partial charge in [0, 0.05) is 4.90 Å². The maximum atomic E-state index is 12.5. The van der Waals surface area contributed by atoms with Crippen molar-refractivity contribution in [3.8, 4) is 0 Å². The summed E-state index contributed by atoms with van der Waals surface area (Å²) in [5.41, 5.74) is 5.91. The average molecular weight is 249 g/mol. The van der Waals surface area contributed by atoms with E-state index in [9.17, 15) is 13.2 Å². The Morgan fingerprint density at radius 3 is 2.50 bits per heavy atom. The molecule has 1 rings (SSSR count). The fourth-order valence-electron chi connectivity index (χ4n) is 1.15. The molecule has 0 aliphatic carbocycles. The molecule has 0 spiro atoms. The van der Waals surface area contributed by atoms with Gasteiger partial charge in [0.05, 0.1) is 10.9 Å². The Kier molecular flexibility index (Phi) is 4.27. The van der Waals surface area contributed by atoms with Crippen LogP contribution in [0.4, 0.5) is 13.2 Å². The third-order valence-electron chi connectivity index (χ3n) is 2.20. The smallest absolute Gasteiger partial charge is 0.319 e. The summed E-state index contributed by atoms with van der Waals surface area (Å²) < 4.78 is 37.4. The average Bonchev–Trinajstić information content (AvgIpc) is 2.19. The van der Waals surface area contributed by atoms with Gasteiger partial charge in [0.2, 0.25) is 0 Å². The van der Waals surface area contributed by atoms with Gasteiger partial charge in [-0.05, 0) is 31.0 Å². The van der Waals surface area contributed by atoms with Crippen molar-refractivity contribution in [3.63, 3.8) is 0 Å². The second kappa shape index (κ2) is 5.10. The van der Waals surface area contributed by atoms with Crippen molar-refractivity contribution in [3.05, 3.63) is 29.3 Å². The Labute approximate surface area is 97.2 Å². The molecule has 1 aromatic rings. The monoisotopic (exact) mass is 249 g/mol. The van der Waals surface area contributed by atoms with Gasteiger partial charge in [0.1, 0.15) is 0 Å². The Morgan fingerprint density at radius 2 is 2.00 bits per heavy atom. The molecule has 0 aliphatic heterocycles. The Hall–Kier alpha value is -0.680. The van der Waals surface area contributed by atoms with Crippen LogP contribution in [-0.4, -0.2) is 5.37 Å². The second-order valence-corrected chi connectivity index (χ2v) is 4.82. The molecule has 16 heavy (non-hydrogen) atoms. The van der Waals surface area contributed by atoms with Gasteiger partial charge in [0.15, 0.2) is 0 Å². The fraction of sp³-hybridized carbons (Fsp3) is 0.455. The first-order valence-electron chi connectivity index (χ1n) is 4.94. The van der Waals surface area contributed by atoms with E-state index in [2.05, 4.69) is 0 Å². The van der Waals surface area contributed by atoms with Crippen LogP contribution < -0.4 is 5.73 Å². The first kappa shape index (κ1) is 13.4. The quantitative estimate of drug-likeness (QED) is 0.651. The lowest BCUT2D eigenvalue weighted by molar-refractivity contribution is -0.137. The zero-order chi connectivity index (χ0) is 12.3. The molecule has 1 aromatic carbocycles. The molecule has 0 heterocycles. The van der Waals surface area contributed by atoms with E-state index in [-0.39, 0.29) is 5.37 Å². The minimum Gasteiger partial charge on any atom is -0.319 e. The van der Waals surface area contributed by atoms with Crippen LogP contribution in [0.3, 0.4) is 0 Å². The SMILES string of the molecule is CCC(N)Sc1cc(C(F)(F)F)ccc1C. The summed E-state index contributed by atoms with van der Waals surface area (Å²) >= 11 is 1.28. The van der Waals surface area contributed by atoms with Gasteiger partial charge >= 0.3 is 6.18 Å². The highest BCUT2D eigenvalue weighted by Crippen LogP contribution is 2.34. The van der Waals surface area contributed by atoms with Crippen molar-refractivity contribution < 1.29 is 13.2 Å². The number of hydrogen-bond donors (Lipinski definition) is 1. The number of alkyl halides is 3. The summed E-state index contributed by atoms with van der Waals surface area (Å²) in [6, 6.07) is 3.74. The largest absolute Gasteiger partial charge is 0.416 e. The molecule has 0 fully saturated rings. The molecule has 0 radical (unpaired) electrons. The molecular formula is C11H14F3NS. The number of hydrogen-bond acceptors (Lipinski definition) is 2. The topological polar surface area (TPSA) is 26.0 Å². The second-order valence-electron chi connectivity index (χ2n) is 3.54. The molecule has 2 N–H and O–H groups in total. The highest BCUT2D eigenvalue weighted by atomic mass is 32.2. The van der Waals surface area contributed by atoms with Crippen molar-refractivity contribution in [1.82, 2.24) is 0 Å². The van der Waals surface area contributed by atoms with Gasteiger partial charge in [-0.25, -0.2) is 0 Å². The van der Waals surface area contributed by atoms with Crippen molar-refractivity contribution in [2.45, 2.75) is 36.7 Å². The van der Waals surface area contributed by atoms with Crippen molar-refractivity contribution in [2.75, 3.05) is 0 Å². The summed E-state index contributed by atoms with van der Waals surface area (Å²) in [5, 5.41) is -0.165. The van der Waals surface area contributed by atoms with E-state index in [4.69, 9.17) is 5.73 Å². The molecule has 0 bridgehead atoms. The van der Waals surface area contributed by atoms with Gasteiger partial charge in [-0.1, -0.05) is 13.0 Å². The lowest BCUT2D eigenvalue weighted by Crippen LogP contribution is -2.14. The van der Waals surface area contributed by atoms with Crippen LogP contribution in [0.15, 0.2) is 23.1 Å². The third-order valence-corrected chi connectivity index (χ3v) is 3.53. The Balaban J connectivity index is 3.00. The van der Waals surface area contributed by atoms with Crippen LogP contribution in [0.2, 0.25) is 0 Å². The summed E-state index contributed by atoms with van der Waals surface area (Å²) in [5.74, 6) is 0. The van der Waals surface area contributed by atoms with Crippen molar-refractivity contribution in [2.24, 2.45) is 5.73 Å². The molecule has 0 aromatic heterocycles. The summed E-state index contributed by atoms with van der Waals surface area (Å²) in [7, 11) is 0. The van der Waals surface area contributed by atoms with Gasteiger partial charge < -0.3 is 5.73 Å². The molecule has 1 nitrogen and oxygen atoms in total. The molecule has 0 amide bonds. The van der Waals surface area contributed by atoms with Gasteiger partial charge in [-0.15, -0.1) is 11.8 Å². The number of halogens is 3. The predicted octanol–water partition coefficient (Wildman–Crippen LogP) is 3.80. The predicted molar refractivity (Wildman–Crippen MR) is 60.3 cm³/mol. The lowest BCUT2D eigenvalue weighted by Gasteiger charge is -2.13. The molecule has 0 aliphatic rings. The maximum Gasteiger partial charge on any atom is 0.416 e. The van der Waals surface area contributed by atoms with E-state index >= 15 is 0 Å². The van der Waals surface area contributed by atoms with E-state index in [1.54, 1.807) is 6.92 Å². The molecule has 0 saturated heterocycles. The van der Waals surface area contributed by atoms with E-state index < -0.39 is 11.7 Å². The third kappa shape index (κ3) is 3.42. The summed E-state index contributed by atoms with van der Waals surface area (Å²) in [6.45, 7) is 3.69. The molecule has 90 valence electrons. The maximum absolute atomic E-state index is 12.5. The highest BCUT2D eigenvalue weighted by molar-refractivity contribution is 8.00. The van der Waals surface area contributed by atoms with Crippen LogP contribution in [0.25, 0.3) is 0 Å². The van der Waals surface area contributed by atoms with E-state index in [0.29, 0.717) is 4.90 Å². The standard InChI is InChI=1S/C11H14F3NS/c1-3-10(15)16-9-6-8(11(12,13)14)5-4-7(9)2/h4-6,10H,3,15H2,1-2H3. The van der Waals surface area contributed by atoms with Gasteiger partial charge in [-0.2, -0.15) is 13.2 Å². The van der Waals surface area contributed by atoms with Crippen molar-refractivity contribution >= 4 is 11.8 Å². The van der Waals surface area contributed by atoms with Gasteiger partial charge in [0.25, 0.3) is 0 Å². The van der Waals surface area contributed by atoms with Crippen LogP contribution in [0.1, 0.15) is 24.5 Å². The minimum atomic E-state index is -4.29. The molecule has 0 saturated carbocycles. The van der Waals surface area contributed by atoms with Gasteiger partial charge in [-0.3, -0.25) is 0 Å². The number of rotatable bonds is 3. The van der Waals surface area contributed by atoms with Crippen molar-refractivity contribution in [1.29, 1.82) is 0 Å². The van der Waals surface area contributed by atoms with E-state index in [1.165, 1.54) is 17.8 Å². The Morgan fingerprint density at radius 1 is 1.38 bits per heavy atom. The highest BCUT2D eigenvalue weighted by Gasteiger charge is 2.30. The zero-order valence-corrected chi connectivity index (χ0v) is 9.95. The number of benzene rings is 1. The zero-order valence-electron chi connectivity index (χ0n) is 9.14. The normalized spacial score (nSPS) is 13.9. The Bertz CT molecular complexity index is 363.